The van der Waals surface area contributed by atoms with Crippen LogP contribution in [0.4, 0.5) is 5.69 Å². The Hall–Kier alpha value is -1.44. The number of hydrogen-bond acceptors (Lipinski definition) is 4. The maximum Gasteiger partial charge on any atom is 0.242 e. The number of nitrogens with two attached hydrogens (primary N) is 1. The van der Waals surface area contributed by atoms with Gasteiger partial charge >= 0.3 is 0 Å². The smallest absolute Gasteiger partial charge is 0.242 e. The SMILES string of the molecule is CN(C)S(=O)(=O)c1cccc(NC(=O)C[C@@H]2CCC[C@H]2N)c1. The van der Waals surface area contributed by atoms with Gasteiger partial charge in [0.05, 0.1) is 4.90 Å². The molecule has 0 bridgehead atoms. The van der Waals surface area contributed by atoms with Crippen molar-refractivity contribution >= 4 is 21.6 Å². The molecule has 1 aromatic carbocycles. The molecular weight excluding hydrogens is 302 g/mol. The van der Waals surface area contributed by atoms with E-state index in [1.165, 1.54) is 26.2 Å². The summed E-state index contributed by atoms with van der Waals surface area (Å²) in [5.74, 6) is 0.0930. The first-order valence-electron chi connectivity index (χ1n) is 7.38. The summed E-state index contributed by atoms with van der Waals surface area (Å²) >= 11 is 0. The van der Waals surface area contributed by atoms with Gasteiger partial charge in [0.25, 0.3) is 0 Å². The lowest BCUT2D eigenvalue weighted by Gasteiger charge is -2.15. The predicted octanol–water partition coefficient (Wildman–Crippen LogP) is 1.39. The zero-order valence-electron chi connectivity index (χ0n) is 13.0. The summed E-state index contributed by atoms with van der Waals surface area (Å²) in [6, 6.07) is 6.37. The predicted molar refractivity (Wildman–Crippen MR) is 85.9 cm³/mol. The van der Waals surface area contributed by atoms with E-state index >= 15 is 0 Å². The summed E-state index contributed by atoms with van der Waals surface area (Å²) in [7, 11) is -0.556. The van der Waals surface area contributed by atoms with Crippen LogP contribution >= 0.6 is 0 Å². The molecule has 0 aromatic heterocycles. The molecule has 122 valence electrons. The van der Waals surface area contributed by atoms with E-state index in [9.17, 15) is 13.2 Å². The molecule has 1 aliphatic rings. The second-order valence-electron chi connectivity index (χ2n) is 5.92. The van der Waals surface area contributed by atoms with Crippen LogP contribution in [0.15, 0.2) is 29.2 Å². The molecule has 2 atom stereocenters. The lowest BCUT2D eigenvalue weighted by atomic mass is 10.00. The van der Waals surface area contributed by atoms with E-state index in [4.69, 9.17) is 5.73 Å². The van der Waals surface area contributed by atoms with Crippen molar-refractivity contribution in [1.29, 1.82) is 0 Å². The number of carbonyl (C=O) groups is 1. The fraction of sp³-hybridized carbons (Fsp3) is 0.533. The molecule has 1 fully saturated rings. The molecule has 1 amide bonds. The highest BCUT2D eigenvalue weighted by molar-refractivity contribution is 7.89. The van der Waals surface area contributed by atoms with Crippen molar-refractivity contribution in [3.05, 3.63) is 24.3 Å². The number of sulfonamides is 1. The van der Waals surface area contributed by atoms with Crippen molar-refractivity contribution in [2.75, 3.05) is 19.4 Å². The van der Waals surface area contributed by atoms with Crippen molar-refractivity contribution < 1.29 is 13.2 Å². The van der Waals surface area contributed by atoms with Gasteiger partial charge in [0.15, 0.2) is 0 Å². The quantitative estimate of drug-likeness (QED) is 0.855. The number of nitrogens with one attached hydrogen (secondary N) is 1. The standard InChI is InChI=1S/C15H23N3O3S/c1-18(2)22(20,21)13-7-4-6-12(10-13)17-15(19)9-11-5-3-8-14(11)16/h4,6-7,10-11,14H,3,5,8-9,16H2,1-2H3,(H,17,19)/t11-,14+/m0/s1. The Kier molecular flexibility index (Phi) is 5.20. The Bertz CT molecular complexity index is 643. The minimum atomic E-state index is -3.50. The summed E-state index contributed by atoms with van der Waals surface area (Å²) in [6.45, 7) is 0. The summed E-state index contributed by atoms with van der Waals surface area (Å²) in [6.07, 6.45) is 3.39. The number of rotatable bonds is 5. The molecule has 7 heteroatoms. The molecule has 1 aromatic rings. The van der Waals surface area contributed by atoms with Crippen LogP contribution in [0.1, 0.15) is 25.7 Å². The van der Waals surface area contributed by atoms with E-state index < -0.39 is 10.0 Å². The number of carbonyl (C=O) groups excluding carboxylic acids is 1. The summed E-state index contributed by atoms with van der Waals surface area (Å²) in [4.78, 5) is 12.2. The fourth-order valence-electron chi connectivity index (χ4n) is 2.71. The van der Waals surface area contributed by atoms with Crippen LogP contribution in [-0.2, 0) is 14.8 Å². The summed E-state index contributed by atoms with van der Waals surface area (Å²) in [5, 5.41) is 2.76. The minimum Gasteiger partial charge on any atom is -0.327 e. The van der Waals surface area contributed by atoms with Crippen molar-refractivity contribution in [1.82, 2.24) is 4.31 Å². The van der Waals surface area contributed by atoms with E-state index in [-0.39, 0.29) is 22.8 Å². The highest BCUT2D eigenvalue weighted by atomic mass is 32.2. The molecular formula is C15H23N3O3S. The molecule has 1 aliphatic carbocycles. The van der Waals surface area contributed by atoms with E-state index in [0.29, 0.717) is 12.1 Å². The van der Waals surface area contributed by atoms with Gasteiger partial charge in [-0.1, -0.05) is 12.5 Å². The Balaban J connectivity index is 2.06. The van der Waals surface area contributed by atoms with E-state index in [0.717, 1.165) is 23.6 Å². The van der Waals surface area contributed by atoms with Crippen LogP contribution in [0.5, 0.6) is 0 Å². The van der Waals surface area contributed by atoms with Gasteiger partial charge in [-0.25, -0.2) is 12.7 Å². The molecule has 22 heavy (non-hydrogen) atoms. The highest BCUT2D eigenvalue weighted by Crippen LogP contribution is 2.27. The third-order valence-corrected chi connectivity index (χ3v) is 5.87. The molecule has 0 heterocycles. The fourth-order valence-corrected chi connectivity index (χ4v) is 3.66. The number of amides is 1. The first-order valence-corrected chi connectivity index (χ1v) is 8.82. The molecule has 2 rings (SSSR count). The molecule has 0 unspecified atom stereocenters. The first-order chi connectivity index (χ1) is 10.3. The second-order valence-corrected chi connectivity index (χ2v) is 8.07. The van der Waals surface area contributed by atoms with Crippen LogP contribution in [0.3, 0.4) is 0 Å². The molecule has 0 aliphatic heterocycles. The van der Waals surface area contributed by atoms with Gasteiger partial charge in [-0.3, -0.25) is 4.79 Å². The van der Waals surface area contributed by atoms with Crippen LogP contribution in [-0.4, -0.2) is 38.8 Å². The number of hydrogen-bond donors (Lipinski definition) is 2. The molecule has 1 saturated carbocycles. The Morgan fingerprint density at radius 2 is 2.09 bits per heavy atom. The van der Waals surface area contributed by atoms with E-state index in [1.54, 1.807) is 12.1 Å². The molecule has 0 radical (unpaired) electrons. The van der Waals surface area contributed by atoms with Gasteiger partial charge in [0.2, 0.25) is 15.9 Å². The van der Waals surface area contributed by atoms with Crippen molar-refractivity contribution in [2.45, 2.75) is 36.6 Å². The Morgan fingerprint density at radius 3 is 2.68 bits per heavy atom. The van der Waals surface area contributed by atoms with Crippen molar-refractivity contribution in [2.24, 2.45) is 11.7 Å². The zero-order chi connectivity index (χ0) is 16.3. The third kappa shape index (κ3) is 3.85. The van der Waals surface area contributed by atoms with Crippen molar-refractivity contribution in [3.63, 3.8) is 0 Å². The van der Waals surface area contributed by atoms with Gasteiger partial charge in [0.1, 0.15) is 0 Å². The first kappa shape index (κ1) is 16.9. The molecule has 0 spiro atoms. The van der Waals surface area contributed by atoms with E-state index in [2.05, 4.69) is 5.32 Å². The van der Waals surface area contributed by atoms with Crippen LogP contribution < -0.4 is 11.1 Å². The van der Waals surface area contributed by atoms with E-state index in [1.807, 2.05) is 0 Å². The lowest BCUT2D eigenvalue weighted by Crippen LogP contribution is -2.28. The maximum atomic E-state index is 12.1. The van der Waals surface area contributed by atoms with Gasteiger partial charge in [0, 0.05) is 32.2 Å². The zero-order valence-corrected chi connectivity index (χ0v) is 13.8. The minimum absolute atomic E-state index is 0.0891. The largest absolute Gasteiger partial charge is 0.327 e. The Labute approximate surface area is 131 Å². The summed E-state index contributed by atoms with van der Waals surface area (Å²) < 4.78 is 25.3. The number of anilines is 1. The second kappa shape index (κ2) is 6.76. The maximum absolute atomic E-state index is 12.1. The molecule has 6 nitrogen and oxygen atoms in total. The Morgan fingerprint density at radius 1 is 1.36 bits per heavy atom. The van der Waals surface area contributed by atoms with Gasteiger partial charge in [-0.2, -0.15) is 0 Å². The van der Waals surface area contributed by atoms with Crippen molar-refractivity contribution in [3.8, 4) is 0 Å². The topological polar surface area (TPSA) is 92.5 Å². The number of benzene rings is 1. The van der Waals surface area contributed by atoms with Crippen LogP contribution in [0.2, 0.25) is 0 Å². The summed E-state index contributed by atoms with van der Waals surface area (Å²) in [5.41, 5.74) is 6.46. The van der Waals surface area contributed by atoms with Crippen LogP contribution in [0, 0.1) is 5.92 Å². The highest BCUT2D eigenvalue weighted by Gasteiger charge is 2.26. The van der Waals surface area contributed by atoms with Gasteiger partial charge < -0.3 is 11.1 Å². The third-order valence-electron chi connectivity index (χ3n) is 4.06. The normalized spacial score (nSPS) is 22.0. The molecule has 0 saturated heterocycles. The monoisotopic (exact) mass is 325 g/mol. The van der Waals surface area contributed by atoms with Crippen LogP contribution in [0.25, 0.3) is 0 Å². The van der Waals surface area contributed by atoms with Gasteiger partial charge in [-0.05, 0) is 37.0 Å². The molecule has 3 N–H and O–H groups in total. The lowest BCUT2D eigenvalue weighted by molar-refractivity contribution is -0.117. The average molecular weight is 325 g/mol. The van der Waals surface area contributed by atoms with Gasteiger partial charge in [-0.15, -0.1) is 0 Å². The average Bonchev–Trinajstić information content (AvgIpc) is 2.84. The number of nitrogens with zero attached hydrogens (tertiary/aromatic N) is 1.